The maximum absolute atomic E-state index is 11.6. The molecule has 0 saturated heterocycles. The van der Waals surface area contributed by atoms with Gasteiger partial charge in [0.1, 0.15) is 4.99 Å². The van der Waals surface area contributed by atoms with Crippen molar-refractivity contribution in [2.75, 3.05) is 0 Å². The van der Waals surface area contributed by atoms with Gasteiger partial charge in [-0.2, -0.15) is 0 Å². The zero-order valence-electron chi connectivity index (χ0n) is 9.34. The highest BCUT2D eigenvalue weighted by Gasteiger charge is 2.03. The molecular formula is C12H12N2OS2. The van der Waals surface area contributed by atoms with Crippen LogP contribution in [0.3, 0.4) is 0 Å². The second kappa shape index (κ2) is 4.81. The summed E-state index contributed by atoms with van der Waals surface area (Å²) in [4.78, 5) is 12.0. The Kier molecular flexibility index (Phi) is 3.40. The molecule has 1 aromatic heterocycles. The fourth-order valence-electron chi connectivity index (χ4n) is 1.55. The Labute approximate surface area is 109 Å². The number of hydrogen-bond donors (Lipinski definition) is 1. The summed E-state index contributed by atoms with van der Waals surface area (Å²) in [5, 5.41) is 1.87. The number of rotatable bonds is 3. The number of thiazole rings is 1. The van der Waals surface area contributed by atoms with Crippen molar-refractivity contribution in [3.8, 4) is 0 Å². The molecule has 3 nitrogen and oxygen atoms in total. The zero-order chi connectivity index (χ0) is 12.4. The maximum atomic E-state index is 11.6. The van der Waals surface area contributed by atoms with Crippen molar-refractivity contribution in [1.82, 2.24) is 4.57 Å². The second-order valence-electron chi connectivity index (χ2n) is 3.79. The Morgan fingerprint density at radius 3 is 2.53 bits per heavy atom. The average Bonchev–Trinajstić information content (AvgIpc) is 2.61. The van der Waals surface area contributed by atoms with E-state index in [2.05, 4.69) is 0 Å². The molecule has 1 heterocycles. The lowest BCUT2D eigenvalue weighted by Crippen LogP contribution is -2.15. The van der Waals surface area contributed by atoms with E-state index in [1.807, 2.05) is 36.6 Å². The molecule has 0 fully saturated rings. The van der Waals surface area contributed by atoms with E-state index in [9.17, 15) is 4.79 Å². The first-order valence-corrected chi connectivity index (χ1v) is 6.40. The van der Waals surface area contributed by atoms with Gasteiger partial charge in [0.25, 0.3) is 0 Å². The van der Waals surface area contributed by atoms with Gasteiger partial charge >= 0.3 is 4.87 Å². The molecule has 0 unspecified atom stereocenters. The molecule has 88 valence electrons. The number of nitrogens with zero attached hydrogens (tertiary/aromatic N) is 1. The minimum atomic E-state index is 0.0703. The molecule has 17 heavy (non-hydrogen) atoms. The van der Waals surface area contributed by atoms with Crippen LogP contribution in [0.4, 0.5) is 0 Å². The second-order valence-corrected chi connectivity index (χ2v) is 5.05. The van der Waals surface area contributed by atoms with Crippen molar-refractivity contribution in [1.29, 1.82) is 0 Å². The number of hydrogen-bond acceptors (Lipinski definition) is 3. The predicted molar refractivity (Wildman–Crippen MR) is 74.7 cm³/mol. The van der Waals surface area contributed by atoms with Gasteiger partial charge in [-0.3, -0.25) is 9.36 Å². The molecule has 5 heteroatoms. The summed E-state index contributed by atoms with van der Waals surface area (Å²) >= 11 is 6.11. The third kappa shape index (κ3) is 2.62. The molecule has 2 N–H and O–H groups in total. The Bertz CT molecular complexity index is 596. The van der Waals surface area contributed by atoms with Crippen molar-refractivity contribution in [2.45, 2.75) is 13.5 Å². The lowest BCUT2D eigenvalue weighted by molar-refractivity contribution is 0.755. The van der Waals surface area contributed by atoms with E-state index in [0.717, 1.165) is 16.8 Å². The normalized spacial score (nSPS) is 10.4. The van der Waals surface area contributed by atoms with Gasteiger partial charge in [-0.25, -0.2) is 0 Å². The summed E-state index contributed by atoms with van der Waals surface area (Å²) in [5.74, 6) is 0. The largest absolute Gasteiger partial charge is 0.389 e. The number of thiocarbonyl (C=S) groups is 1. The third-order valence-corrected chi connectivity index (χ3v) is 3.67. The van der Waals surface area contributed by atoms with Gasteiger partial charge in [0.05, 0.1) is 6.54 Å². The van der Waals surface area contributed by atoms with Crippen LogP contribution in [-0.2, 0) is 6.54 Å². The smallest absolute Gasteiger partial charge is 0.307 e. The molecule has 0 spiro atoms. The highest BCUT2D eigenvalue weighted by atomic mass is 32.1. The monoisotopic (exact) mass is 264 g/mol. The first-order chi connectivity index (χ1) is 8.08. The van der Waals surface area contributed by atoms with Gasteiger partial charge in [0.15, 0.2) is 0 Å². The Morgan fingerprint density at radius 2 is 2.06 bits per heavy atom. The molecule has 1 aromatic carbocycles. The maximum Gasteiger partial charge on any atom is 0.307 e. The number of aromatic nitrogens is 1. The minimum Gasteiger partial charge on any atom is -0.389 e. The molecule has 0 radical (unpaired) electrons. The third-order valence-electron chi connectivity index (χ3n) is 2.56. The highest BCUT2D eigenvalue weighted by Crippen LogP contribution is 2.08. The SMILES string of the molecule is Cc1csc(=O)n1Cc1ccc(C(N)=S)cc1. The standard InChI is InChI=1S/C12H12N2OS2/c1-8-7-17-12(15)14(8)6-9-2-4-10(5-3-9)11(13)16/h2-5,7H,6H2,1H3,(H2,13,16). The first-order valence-electron chi connectivity index (χ1n) is 5.11. The summed E-state index contributed by atoms with van der Waals surface area (Å²) in [7, 11) is 0. The van der Waals surface area contributed by atoms with Crippen LogP contribution < -0.4 is 10.6 Å². The van der Waals surface area contributed by atoms with Gasteiger partial charge in [-0.1, -0.05) is 47.8 Å². The van der Waals surface area contributed by atoms with E-state index in [0.29, 0.717) is 11.5 Å². The number of benzene rings is 1. The van der Waals surface area contributed by atoms with Crippen molar-refractivity contribution >= 4 is 28.5 Å². The van der Waals surface area contributed by atoms with E-state index >= 15 is 0 Å². The van der Waals surface area contributed by atoms with Crippen LogP contribution in [0.5, 0.6) is 0 Å². The number of aryl methyl sites for hydroxylation is 1. The highest BCUT2D eigenvalue weighted by molar-refractivity contribution is 7.80. The molecule has 2 aromatic rings. The van der Waals surface area contributed by atoms with Crippen molar-refractivity contribution in [3.05, 3.63) is 56.1 Å². The van der Waals surface area contributed by atoms with Gasteiger partial charge in [-0.15, -0.1) is 0 Å². The molecule has 0 saturated carbocycles. The van der Waals surface area contributed by atoms with Crippen LogP contribution in [0.1, 0.15) is 16.8 Å². The van der Waals surface area contributed by atoms with Gasteiger partial charge in [-0.05, 0) is 12.5 Å². The fourth-order valence-corrected chi connectivity index (χ4v) is 2.42. The summed E-state index contributed by atoms with van der Waals surface area (Å²) in [6.45, 7) is 2.52. The fraction of sp³-hybridized carbons (Fsp3) is 0.167. The van der Waals surface area contributed by atoms with E-state index in [4.69, 9.17) is 18.0 Å². The lowest BCUT2D eigenvalue weighted by atomic mass is 10.1. The van der Waals surface area contributed by atoms with Gasteiger partial charge in [0.2, 0.25) is 0 Å². The van der Waals surface area contributed by atoms with Crippen LogP contribution in [0.25, 0.3) is 0 Å². The van der Waals surface area contributed by atoms with Crippen LogP contribution in [0, 0.1) is 6.92 Å². The molecule has 0 aliphatic rings. The Hall–Kier alpha value is -1.46. The van der Waals surface area contributed by atoms with E-state index in [1.165, 1.54) is 11.3 Å². The molecule has 2 rings (SSSR count). The molecule has 0 aliphatic carbocycles. The van der Waals surface area contributed by atoms with Gasteiger partial charge < -0.3 is 5.73 Å². The zero-order valence-corrected chi connectivity index (χ0v) is 11.0. The van der Waals surface area contributed by atoms with Crippen molar-refractivity contribution in [3.63, 3.8) is 0 Å². The van der Waals surface area contributed by atoms with E-state index in [-0.39, 0.29) is 4.87 Å². The molecule has 0 aliphatic heterocycles. The lowest BCUT2D eigenvalue weighted by Gasteiger charge is -2.05. The van der Waals surface area contributed by atoms with E-state index < -0.39 is 0 Å². The van der Waals surface area contributed by atoms with Crippen LogP contribution in [0.2, 0.25) is 0 Å². The summed E-state index contributed by atoms with van der Waals surface area (Å²) in [5.41, 5.74) is 8.42. The van der Waals surface area contributed by atoms with Crippen molar-refractivity contribution < 1.29 is 0 Å². The summed E-state index contributed by atoms with van der Waals surface area (Å²) < 4.78 is 1.75. The van der Waals surface area contributed by atoms with Crippen LogP contribution in [0.15, 0.2) is 34.4 Å². The number of nitrogens with two attached hydrogens (primary N) is 1. The molecule has 0 atom stereocenters. The van der Waals surface area contributed by atoms with Crippen LogP contribution in [-0.4, -0.2) is 9.56 Å². The minimum absolute atomic E-state index is 0.0703. The average molecular weight is 264 g/mol. The molecular weight excluding hydrogens is 252 g/mol. The predicted octanol–water partition coefficient (Wildman–Crippen LogP) is 1.90. The molecule has 0 amide bonds. The Morgan fingerprint density at radius 1 is 1.41 bits per heavy atom. The summed E-state index contributed by atoms with van der Waals surface area (Å²) in [6.07, 6.45) is 0. The van der Waals surface area contributed by atoms with Crippen molar-refractivity contribution in [2.24, 2.45) is 5.73 Å². The summed E-state index contributed by atoms with van der Waals surface area (Å²) in [6, 6.07) is 7.64. The topological polar surface area (TPSA) is 48.0 Å². The first kappa shape index (κ1) is 12.0. The Balaban J connectivity index is 2.25. The van der Waals surface area contributed by atoms with Crippen LogP contribution >= 0.6 is 23.6 Å². The van der Waals surface area contributed by atoms with Gasteiger partial charge in [0, 0.05) is 16.6 Å². The van der Waals surface area contributed by atoms with E-state index in [1.54, 1.807) is 4.57 Å². The molecule has 0 bridgehead atoms. The quantitative estimate of drug-likeness (QED) is 0.861.